The number of carbonyl (C=O) groups is 1. The van der Waals surface area contributed by atoms with Crippen LogP contribution in [0.4, 0.5) is 11.4 Å². The van der Waals surface area contributed by atoms with Gasteiger partial charge in [0.2, 0.25) is 5.91 Å². The van der Waals surface area contributed by atoms with E-state index in [0.717, 1.165) is 22.7 Å². The molecule has 1 N–H and O–H groups in total. The molecule has 0 saturated heterocycles. The fourth-order valence-electron chi connectivity index (χ4n) is 2.16. The molecular formula is C20H24N2O2. The van der Waals surface area contributed by atoms with E-state index in [0.29, 0.717) is 0 Å². The Balaban J connectivity index is 1.97. The van der Waals surface area contributed by atoms with Crippen molar-refractivity contribution in [1.29, 1.82) is 0 Å². The number of ether oxygens (including phenoxy) is 1. The lowest BCUT2D eigenvalue weighted by Crippen LogP contribution is -2.10. The second kappa shape index (κ2) is 8.20. The lowest BCUT2D eigenvalue weighted by Gasteiger charge is -2.12. The van der Waals surface area contributed by atoms with Gasteiger partial charge in [-0.3, -0.25) is 4.79 Å². The quantitative estimate of drug-likeness (QED) is 0.810. The summed E-state index contributed by atoms with van der Waals surface area (Å²) in [6.07, 6.45) is 3.42. The smallest absolute Gasteiger partial charge is 0.248 e. The maximum Gasteiger partial charge on any atom is 0.248 e. The SMILES string of the molecule is CC(C)Oc1cccc(/C=C/C(=O)Nc2ccc(N(C)C)cc2)c1. The van der Waals surface area contributed by atoms with E-state index >= 15 is 0 Å². The molecule has 126 valence electrons. The average molecular weight is 324 g/mol. The molecule has 0 aromatic heterocycles. The van der Waals surface area contributed by atoms with E-state index in [-0.39, 0.29) is 12.0 Å². The number of nitrogens with one attached hydrogen (secondary N) is 1. The molecule has 2 rings (SSSR count). The molecule has 4 nitrogen and oxygen atoms in total. The van der Waals surface area contributed by atoms with Crippen LogP contribution in [0.15, 0.2) is 54.6 Å². The number of anilines is 2. The van der Waals surface area contributed by atoms with Crippen molar-refractivity contribution >= 4 is 23.4 Å². The summed E-state index contributed by atoms with van der Waals surface area (Å²) in [4.78, 5) is 14.0. The van der Waals surface area contributed by atoms with Crippen molar-refractivity contribution in [2.75, 3.05) is 24.3 Å². The Morgan fingerprint density at radius 2 is 1.83 bits per heavy atom. The Morgan fingerprint density at radius 1 is 1.12 bits per heavy atom. The molecule has 0 fully saturated rings. The summed E-state index contributed by atoms with van der Waals surface area (Å²) in [5.41, 5.74) is 2.78. The molecule has 0 aliphatic carbocycles. The maximum absolute atomic E-state index is 12.0. The fraction of sp³-hybridized carbons (Fsp3) is 0.250. The number of nitrogens with zero attached hydrogens (tertiary/aromatic N) is 1. The van der Waals surface area contributed by atoms with Gasteiger partial charge >= 0.3 is 0 Å². The van der Waals surface area contributed by atoms with E-state index in [1.807, 2.05) is 81.4 Å². The van der Waals surface area contributed by atoms with Crippen molar-refractivity contribution in [3.05, 3.63) is 60.2 Å². The number of amides is 1. The first-order valence-electron chi connectivity index (χ1n) is 7.97. The summed E-state index contributed by atoms with van der Waals surface area (Å²) < 4.78 is 5.65. The third-order valence-corrected chi connectivity index (χ3v) is 3.31. The van der Waals surface area contributed by atoms with E-state index < -0.39 is 0 Å². The summed E-state index contributed by atoms with van der Waals surface area (Å²) >= 11 is 0. The molecule has 0 heterocycles. The van der Waals surface area contributed by atoms with Gasteiger partial charge < -0.3 is 15.0 Å². The van der Waals surface area contributed by atoms with Crippen LogP contribution in [0.5, 0.6) is 5.75 Å². The number of benzene rings is 2. The van der Waals surface area contributed by atoms with Gasteiger partial charge in [-0.05, 0) is 61.9 Å². The zero-order chi connectivity index (χ0) is 17.5. The molecule has 24 heavy (non-hydrogen) atoms. The number of hydrogen-bond donors (Lipinski definition) is 1. The van der Waals surface area contributed by atoms with Crippen LogP contribution in [-0.2, 0) is 4.79 Å². The molecule has 0 aliphatic heterocycles. The van der Waals surface area contributed by atoms with Crippen LogP contribution < -0.4 is 15.0 Å². The first-order chi connectivity index (χ1) is 11.4. The van der Waals surface area contributed by atoms with Gasteiger partial charge in [0, 0.05) is 31.5 Å². The standard InChI is InChI=1S/C20H24N2O2/c1-15(2)24-19-7-5-6-16(14-19)8-13-20(23)21-17-9-11-18(12-10-17)22(3)4/h5-15H,1-4H3,(H,21,23)/b13-8+. The monoisotopic (exact) mass is 324 g/mol. The Kier molecular flexibility index (Phi) is 6.01. The Labute approximate surface area is 143 Å². The van der Waals surface area contributed by atoms with Crippen molar-refractivity contribution in [2.45, 2.75) is 20.0 Å². The van der Waals surface area contributed by atoms with Gasteiger partial charge in [0.1, 0.15) is 5.75 Å². The minimum Gasteiger partial charge on any atom is -0.491 e. The van der Waals surface area contributed by atoms with E-state index in [1.54, 1.807) is 6.08 Å². The van der Waals surface area contributed by atoms with Crippen LogP contribution in [0.25, 0.3) is 6.08 Å². The summed E-state index contributed by atoms with van der Waals surface area (Å²) in [7, 11) is 3.96. The molecule has 0 aliphatic rings. The minimum absolute atomic E-state index is 0.123. The van der Waals surface area contributed by atoms with E-state index in [2.05, 4.69) is 5.32 Å². The Hall–Kier alpha value is -2.75. The van der Waals surface area contributed by atoms with Crippen LogP contribution >= 0.6 is 0 Å². The van der Waals surface area contributed by atoms with Crippen LogP contribution in [-0.4, -0.2) is 26.1 Å². The number of rotatable bonds is 6. The van der Waals surface area contributed by atoms with Crippen molar-refractivity contribution in [1.82, 2.24) is 0 Å². The van der Waals surface area contributed by atoms with Crippen LogP contribution in [0.1, 0.15) is 19.4 Å². The fourth-order valence-corrected chi connectivity index (χ4v) is 2.16. The first-order valence-corrected chi connectivity index (χ1v) is 7.97. The summed E-state index contributed by atoms with van der Waals surface area (Å²) in [6, 6.07) is 15.4. The second-order valence-electron chi connectivity index (χ2n) is 6.00. The topological polar surface area (TPSA) is 41.6 Å². The predicted molar refractivity (Wildman–Crippen MR) is 101 cm³/mol. The molecule has 0 saturated carbocycles. The van der Waals surface area contributed by atoms with Crippen molar-refractivity contribution in [3.8, 4) is 5.75 Å². The molecule has 2 aromatic rings. The van der Waals surface area contributed by atoms with Crippen molar-refractivity contribution in [3.63, 3.8) is 0 Å². The largest absolute Gasteiger partial charge is 0.491 e. The summed E-state index contributed by atoms with van der Waals surface area (Å²) in [5, 5.41) is 2.85. The number of carbonyl (C=O) groups excluding carboxylic acids is 1. The lowest BCUT2D eigenvalue weighted by molar-refractivity contribution is -0.111. The van der Waals surface area contributed by atoms with Crippen LogP contribution in [0, 0.1) is 0 Å². The summed E-state index contributed by atoms with van der Waals surface area (Å²) in [5.74, 6) is 0.634. The van der Waals surface area contributed by atoms with Gasteiger partial charge in [-0.1, -0.05) is 12.1 Å². The molecule has 2 aromatic carbocycles. The Morgan fingerprint density at radius 3 is 2.46 bits per heavy atom. The number of hydrogen-bond acceptors (Lipinski definition) is 3. The van der Waals surface area contributed by atoms with E-state index in [4.69, 9.17) is 4.74 Å². The van der Waals surface area contributed by atoms with Gasteiger partial charge in [0.05, 0.1) is 6.10 Å². The molecule has 1 amide bonds. The molecule has 0 atom stereocenters. The first kappa shape index (κ1) is 17.6. The highest BCUT2D eigenvalue weighted by Gasteiger charge is 2.01. The molecule has 0 bridgehead atoms. The van der Waals surface area contributed by atoms with Crippen LogP contribution in [0.3, 0.4) is 0 Å². The van der Waals surface area contributed by atoms with E-state index in [9.17, 15) is 4.79 Å². The van der Waals surface area contributed by atoms with Crippen molar-refractivity contribution < 1.29 is 9.53 Å². The minimum atomic E-state index is -0.164. The zero-order valence-corrected chi connectivity index (χ0v) is 14.6. The highest BCUT2D eigenvalue weighted by molar-refractivity contribution is 6.02. The van der Waals surface area contributed by atoms with Gasteiger partial charge in [-0.15, -0.1) is 0 Å². The zero-order valence-electron chi connectivity index (χ0n) is 14.6. The third-order valence-electron chi connectivity index (χ3n) is 3.31. The van der Waals surface area contributed by atoms with E-state index in [1.165, 1.54) is 6.08 Å². The predicted octanol–water partition coefficient (Wildman–Crippen LogP) is 4.19. The normalized spacial score (nSPS) is 10.9. The summed E-state index contributed by atoms with van der Waals surface area (Å²) in [6.45, 7) is 3.97. The molecule has 4 heteroatoms. The van der Waals surface area contributed by atoms with Crippen molar-refractivity contribution in [2.24, 2.45) is 0 Å². The third kappa shape index (κ3) is 5.47. The molecule has 0 unspecified atom stereocenters. The molecule has 0 radical (unpaired) electrons. The maximum atomic E-state index is 12.0. The van der Waals surface area contributed by atoms with Gasteiger partial charge in [0.25, 0.3) is 0 Å². The van der Waals surface area contributed by atoms with Gasteiger partial charge in [-0.25, -0.2) is 0 Å². The average Bonchev–Trinajstić information content (AvgIpc) is 2.53. The van der Waals surface area contributed by atoms with Crippen LogP contribution in [0.2, 0.25) is 0 Å². The van der Waals surface area contributed by atoms with Gasteiger partial charge in [-0.2, -0.15) is 0 Å². The molecular weight excluding hydrogens is 300 g/mol. The highest BCUT2D eigenvalue weighted by atomic mass is 16.5. The highest BCUT2D eigenvalue weighted by Crippen LogP contribution is 2.17. The molecule has 0 spiro atoms. The Bertz CT molecular complexity index is 704. The lowest BCUT2D eigenvalue weighted by atomic mass is 10.2. The second-order valence-corrected chi connectivity index (χ2v) is 6.00. The van der Waals surface area contributed by atoms with Gasteiger partial charge in [0.15, 0.2) is 0 Å².